The van der Waals surface area contributed by atoms with Crippen molar-refractivity contribution in [2.75, 3.05) is 19.8 Å². The van der Waals surface area contributed by atoms with E-state index >= 15 is 0 Å². The van der Waals surface area contributed by atoms with Gasteiger partial charge in [0.2, 0.25) is 0 Å². The van der Waals surface area contributed by atoms with Crippen LogP contribution in [0.4, 0.5) is 13.2 Å². The van der Waals surface area contributed by atoms with E-state index in [1.54, 1.807) is 0 Å². The first-order valence-electron chi connectivity index (χ1n) is 6.81. The predicted molar refractivity (Wildman–Crippen MR) is 73.5 cm³/mol. The number of nitrogens with two attached hydrogens (primary N) is 1. The molecule has 0 saturated heterocycles. The quantitative estimate of drug-likeness (QED) is 0.744. The van der Waals surface area contributed by atoms with E-state index in [2.05, 4.69) is 29.0 Å². The Morgan fingerprint density at radius 2 is 1.85 bits per heavy atom. The van der Waals surface area contributed by atoms with Gasteiger partial charge in [-0.2, -0.15) is 13.2 Å². The second-order valence-electron chi connectivity index (χ2n) is 5.10. The molecule has 0 bridgehead atoms. The minimum absolute atomic E-state index is 0.129. The van der Waals surface area contributed by atoms with Gasteiger partial charge < -0.3 is 10.5 Å². The Kier molecular flexibility index (Phi) is 7.02. The molecule has 2 N–H and O–H groups in total. The van der Waals surface area contributed by atoms with Crippen molar-refractivity contribution in [3.05, 3.63) is 35.4 Å². The fraction of sp³-hybridized carbons (Fsp3) is 0.600. The number of aryl methyl sites for hydroxylation is 1. The fourth-order valence-corrected chi connectivity index (χ4v) is 2.02. The number of hydrogen-bond donors (Lipinski definition) is 1. The minimum atomic E-state index is -4.24. The van der Waals surface area contributed by atoms with Crippen LogP contribution in [0.5, 0.6) is 0 Å². The highest BCUT2D eigenvalue weighted by molar-refractivity contribution is 5.21. The molecule has 1 aromatic carbocycles. The van der Waals surface area contributed by atoms with Crippen molar-refractivity contribution in [2.24, 2.45) is 11.7 Å². The zero-order valence-electron chi connectivity index (χ0n) is 11.7. The predicted octanol–water partition coefficient (Wildman–Crippen LogP) is 3.47. The fourth-order valence-electron chi connectivity index (χ4n) is 2.02. The van der Waals surface area contributed by atoms with Crippen molar-refractivity contribution < 1.29 is 17.9 Å². The monoisotopic (exact) mass is 289 g/mol. The third-order valence-electron chi connectivity index (χ3n) is 3.15. The van der Waals surface area contributed by atoms with Crippen LogP contribution in [0.25, 0.3) is 0 Å². The molecule has 0 radical (unpaired) electrons. The number of benzene rings is 1. The lowest BCUT2D eigenvalue weighted by atomic mass is 9.94. The number of halogens is 3. The van der Waals surface area contributed by atoms with E-state index < -0.39 is 12.8 Å². The van der Waals surface area contributed by atoms with Gasteiger partial charge in [-0.25, -0.2) is 0 Å². The summed E-state index contributed by atoms with van der Waals surface area (Å²) in [5.41, 5.74) is 8.13. The maximum absolute atomic E-state index is 11.9. The third kappa shape index (κ3) is 7.50. The van der Waals surface area contributed by atoms with Gasteiger partial charge in [0, 0.05) is 6.61 Å². The molecule has 1 rings (SSSR count). The summed E-state index contributed by atoms with van der Waals surface area (Å²) < 4.78 is 40.2. The molecule has 0 aromatic heterocycles. The summed E-state index contributed by atoms with van der Waals surface area (Å²) in [5.74, 6) is 0.284. The summed E-state index contributed by atoms with van der Waals surface area (Å²) in [6.07, 6.45) is -2.00. The molecule has 0 spiro atoms. The Hall–Kier alpha value is -1.07. The van der Waals surface area contributed by atoms with Gasteiger partial charge in [-0.05, 0) is 44.2 Å². The van der Waals surface area contributed by atoms with Gasteiger partial charge >= 0.3 is 6.18 Å². The van der Waals surface area contributed by atoms with Gasteiger partial charge in [0.05, 0.1) is 0 Å². The smallest absolute Gasteiger partial charge is 0.372 e. The number of rotatable bonds is 8. The highest BCUT2D eigenvalue weighted by Gasteiger charge is 2.27. The molecule has 0 saturated carbocycles. The molecule has 5 heteroatoms. The summed E-state index contributed by atoms with van der Waals surface area (Å²) in [6, 6.07) is 8.24. The average Bonchev–Trinajstić information content (AvgIpc) is 2.38. The summed E-state index contributed by atoms with van der Waals surface area (Å²) >= 11 is 0. The maximum atomic E-state index is 11.9. The topological polar surface area (TPSA) is 35.2 Å². The highest BCUT2D eigenvalue weighted by Crippen LogP contribution is 2.16. The Bertz CT molecular complexity index is 376. The van der Waals surface area contributed by atoms with E-state index in [9.17, 15) is 13.2 Å². The molecule has 20 heavy (non-hydrogen) atoms. The molecule has 0 heterocycles. The minimum Gasteiger partial charge on any atom is -0.372 e. The van der Waals surface area contributed by atoms with Crippen molar-refractivity contribution in [3.8, 4) is 0 Å². The molecule has 1 atom stereocenters. The third-order valence-corrected chi connectivity index (χ3v) is 3.15. The van der Waals surface area contributed by atoms with Crippen LogP contribution in [0.15, 0.2) is 24.3 Å². The van der Waals surface area contributed by atoms with Gasteiger partial charge in [0.25, 0.3) is 0 Å². The summed E-state index contributed by atoms with van der Waals surface area (Å²) in [6.45, 7) is 1.53. The van der Waals surface area contributed by atoms with Crippen LogP contribution in [0.3, 0.4) is 0 Å². The first-order chi connectivity index (χ1) is 9.40. The normalized spacial score (nSPS) is 13.4. The molecule has 0 amide bonds. The summed E-state index contributed by atoms with van der Waals surface area (Å²) in [5, 5.41) is 0. The Morgan fingerprint density at radius 3 is 2.40 bits per heavy atom. The van der Waals surface area contributed by atoms with Crippen molar-refractivity contribution in [1.29, 1.82) is 0 Å². The van der Waals surface area contributed by atoms with Crippen LogP contribution in [0, 0.1) is 12.8 Å². The maximum Gasteiger partial charge on any atom is 0.411 e. The Labute approximate surface area is 118 Å². The summed E-state index contributed by atoms with van der Waals surface area (Å²) in [7, 11) is 0. The van der Waals surface area contributed by atoms with Gasteiger partial charge in [-0.1, -0.05) is 29.8 Å². The van der Waals surface area contributed by atoms with Crippen LogP contribution in [0.2, 0.25) is 0 Å². The molecule has 0 aliphatic heterocycles. The van der Waals surface area contributed by atoms with Crippen molar-refractivity contribution in [3.63, 3.8) is 0 Å². The second kappa shape index (κ2) is 8.27. The van der Waals surface area contributed by atoms with Crippen LogP contribution in [-0.2, 0) is 11.2 Å². The lowest BCUT2D eigenvalue weighted by Crippen LogP contribution is -2.19. The molecule has 0 fully saturated rings. The SMILES string of the molecule is Cc1ccc(CC(CN)CCCOCC(F)(F)F)cc1. The van der Waals surface area contributed by atoms with E-state index in [-0.39, 0.29) is 12.5 Å². The van der Waals surface area contributed by atoms with Gasteiger partial charge in [0.1, 0.15) is 6.61 Å². The standard InChI is InChI=1S/C15H22F3NO/c1-12-4-6-13(7-5-12)9-14(10-19)3-2-8-20-11-15(16,17)18/h4-7,14H,2-3,8-11,19H2,1H3. The van der Waals surface area contributed by atoms with E-state index in [0.717, 1.165) is 12.8 Å². The zero-order valence-corrected chi connectivity index (χ0v) is 11.7. The molecule has 1 unspecified atom stereocenters. The first-order valence-corrected chi connectivity index (χ1v) is 6.81. The molecule has 114 valence electrons. The second-order valence-corrected chi connectivity index (χ2v) is 5.10. The summed E-state index contributed by atoms with van der Waals surface area (Å²) in [4.78, 5) is 0. The average molecular weight is 289 g/mol. The van der Waals surface area contributed by atoms with Crippen molar-refractivity contribution in [2.45, 2.75) is 32.4 Å². The van der Waals surface area contributed by atoms with Crippen LogP contribution >= 0.6 is 0 Å². The molecule has 0 aliphatic carbocycles. The van der Waals surface area contributed by atoms with Crippen LogP contribution in [0.1, 0.15) is 24.0 Å². The Balaban J connectivity index is 2.24. The van der Waals surface area contributed by atoms with Gasteiger partial charge in [-0.15, -0.1) is 0 Å². The molecular weight excluding hydrogens is 267 g/mol. The number of alkyl halides is 3. The molecule has 2 nitrogen and oxygen atoms in total. The molecule has 1 aromatic rings. The van der Waals surface area contributed by atoms with E-state index in [0.29, 0.717) is 13.0 Å². The van der Waals surface area contributed by atoms with E-state index in [1.807, 2.05) is 6.92 Å². The lowest BCUT2D eigenvalue weighted by molar-refractivity contribution is -0.174. The van der Waals surface area contributed by atoms with Gasteiger partial charge in [-0.3, -0.25) is 0 Å². The number of ether oxygens (including phenoxy) is 1. The van der Waals surface area contributed by atoms with Gasteiger partial charge in [0.15, 0.2) is 0 Å². The number of hydrogen-bond acceptors (Lipinski definition) is 2. The van der Waals surface area contributed by atoms with E-state index in [1.165, 1.54) is 11.1 Å². The van der Waals surface area contributed by atoms with Crippen LogP contribution < -0.4 is 5.73 Å². The Morgan fingerprint density at radius 1 is 1.20 bits per heavy atom. The van der Waals surface area contributed by atoms with Crippen LogP contribution in [-0.4, -0.2) is 25.9 Å². The molecule has 0 aliphatic rings. The zero-order chi connectivity index (χ0) is 15.0. The first kappa shape index (κ1) is 17.0. The largest absolute Gasteiger partial charge is 0.411 e. The highest BCUT2D eigenvalue weighted by atomic mass is 19.4. The molecular formula is C15H22F3NO. The van der Waals surface area contributed by atoms with Crippen molar-refractivity contribution >= 4 is 0 Å². The van der Waals surface area contributed by atoms with Crippen molar-refractivity contribution in [1.82, 2.24) is 0 Å². The van der Waals surface area contributed by atoms with E-state index in [4.69, 9.17) is 5.73 Å². The lowest BCUT2D eigenvalue weighted by Gasteiger charge is -2.15.